The first-order chi connectivity index (χ1) is 17.0. The van der Waals surface area contributed by atoms with Crippen molar-refractivity contribution < 1.29 is 13.2 Å². The van der Waals surface area contributed by atoms with Gasteiger partial charge in [0, 0.05) is 5.56 Å². The third-order valence-electron chi connectivity index (χ3n) is 7.53. The fraction of sp³-hybridized carbons (Fsp3) is 0.375. The number of rotatable bonds is 8. The van der Waals surface area contributed by atoms with Crippen LogP contribution in [-0.4, -0.2) is 0 Å². The van der Waals surface area contributed by atoms with E-state index in [1.807, 2.05) is 31.2 Å². The van der Waals surface area contributed by atoms with Gasteiger partial charge in [0.25, 0.3) is 0 Å². The summed E-state index contributed by atoms with van der Waals surface area (Å²) in [4.78, 5) is 0. The molecule has 0 nitrogen and oxygen atoms in total. The lowest BCUT2D eigenvalue weighted by Gasteiger charge is -2.28. The summed E-state index contributed by atoms with van der Waals surface area (Å²) in [7, 11) is 0. The molecule has 1 aliphatic carbocycles. The van der Waals surface area contributed by atoms with Gasteiger partial charge in [0.15, 0.2) is 11.6 Å². The first-order valence-electron chi connectivity index (χ1n) is 12.9. The monoisotopic (exact) mass is 476 g/mol. The van der Waals surface area contributed by atoms with Crippen molar-refractivity contribution >= 4 is 10.8 Å². The van der Waals surface area contributed by atoms with Gasteiger partial charge in [-0.2, -0.15) is 0 Å². The largest absolute Gasteiger partial charge is 0.206 e. The zero-order chi connectivity index (χ0) is 24.8. The van der Waals surface area contributed by atoms with E-state index in [0.717, 1.165) is 5.92 Å². The predicted molar refractivity (Wildman–Crippen MR) is 141 cm³/mol. The zero-order valence-electron chi connectivity index (χ0n) is 20.8. The minimum absolute atomic E-state index is 0.268. The number of fused-ring (bicyclic) bond motifs is 1. The van der Waals surface area contributed by atoms with Crippen LogP contribution in [0.5, 0.6) is 0 Å². The quantitative estimate of drug-likeness (QED) is 0.284. The number of hydrogen-bond acceptors (Lipinski definition) is 0. The molecule has 1 saturated carbocycles. The van der Waals surface area contributed by atoms with Gasteiger partial charge < -0.3 is 0 Å². The fourth-order valence-corrected chi connectivity index (χ4v) is 5.46. The number of benzene rings is 3. The standard InChI is InChI=1S/C32H35F3/c1-3-5-7-9-22-11-13-23(14-12-22)24-15-17-25(18-16-24)28-20-19-26-21-27(10-8-6-4-2)30(33)32(35)29(26)31(28)34/h3-6,15-23H,7-14H2,1-2H3/b5-3+,6-4+. The maximum absolute atomic E-state index is 15.4. The van der Waals surface area contributed by atoms with Crippen molar-refractivity contribution in [1.82, 2.24) is 0 Å². The molecule has 1 fully saturated rings. The Bertz CT molecular complexity index is 1200. The van der Waals surface area contributed by atoms with Gasteiger partial charge in [-0.1, -0.05) is 60.7 Å². The first-order valence-corrected chi connectivity index (χ1v) is 12.9. The van der Waals surface area contributed by atoms with Crippen molar-refractivity contribution in [2.75, 3.05) is 0 Å². The third-order valence-corrected chi connectivity index (χ3v) is 7.53. The van der Waals surface area contributed by atoms with Crippen LogP contribution in [0.1, 0.15) is 75.8 Å². The average molecular weight is 477 g/mol. The Morgan fingerprint density at radius 1 is 0.771 bits per heavy atom. The Balaban J connectivity index is 1.52. The summed E-state index contributed by atoms with van der Waals surface area (Å²) in [5.41, 5.74) is 2.55. The van der Waals surface area contributed by atoms with Gasteiger partial charge in [0.05, 0.1) is 5.39 Å². The number of hydrogen-bond donors (Lipinski definition) is 0. The molecule has 0 heterocycles. The maximum Gasteiger partial charge on any atom is 0.169 e. The van der Waals surface area contributed by atoms with Gasteiger partial charge in [-0.15, -0.1) is 0 Å². The molecule has 0 aromatic heterocycles. The van der Waals surface area contributed by atoms with Crippen LogP contribution in [0, 0.1) is 23.4 Å². The van der Waals surface area contributed by atoms with E-state index in [9.17, 15) is 8.78 Å². The van der Waals surface area contributed by atoms with Gasteiger partial charge in [0.1, 0.15) is 5.82 Å². The van der Waals surface area contributed by atoms with Crippen LogP contribution in [0.2, 0.25) is 0 Å². The first kappa shape index (κ1) is 25.3. The van der Waals surface area contributed by atoms with E-state index in [4.69, 9.17) is 0 Å². The Morgan fingerprint density at radius 3 is 2.14 bits per heavy atom. The van der Waals surface area contributed by atoms with Crippen LogP contribution in [-0.2, 0) is 6.42 Å². The van der Waals surface area contributed by atoms with Crippen LogP contribution in [0.4, 0.5) is 13.2 Å². The number of aryl methyl sites for hydroxylation is 1. The Morgan fingerprint density at radius 2 is 1.46 bits per heavy atom. The number of allylic oxidation sites excluding steroid dienone is 4. The van der Waals surface area contributed by atoms with Crippen molar-refractivity contribution in [2.45, 2.75) is 71.1 Å². The Kier molecular flexibility index (Phi) is 8.49. The van der Waals surface area contributed by atoms with E-state index in [2.05, 4.69) is 31.2 Å². The van der Waals surface area contributed by atoms with Gasteiger partial charge >= 0.3 is 0 Å². The van der Waals surface area contributed by atoms with Gasteiger partial charge in [-0.3, -0.25) is 0 Å². The normalized spacial score (nSPS) is 18.8. The van der Waals surface area contributed by atoms with Gasteiger partial charge in [0.2, 0.25) is 0 Å². The summed E-state index contributed by atoms with van der Waals surface area (Å²) in [6.45, 7) is 3.96. The molecule has 184 valence electrons. The lowest BCUT2D eigenvalue weighted by Crippen LogP contribution is -2.13. The smallest absolute Gasteiger partial charge is 0.169 e. The molecule has 3 heteroatoms. The highest BCUT2D eigenvalue weighted by atomic mass is 19.2. The second kappa shape index (κ2) is 11.7. The van der Waals surface area contributed by atoms with E-state index < -0.39 is 17.5 Å². The molecule has 0 unspecified atom stereocenters. The molecule has 0 bridgehead atoms. The van der Waals surface area contributed by atoms with E-state index in [-0.39, 0.29) is 10.9 Å². The van der Waals surface area contributed by atoms with Crippen molar-refractivity contribution in [2.24, 2.45) is 5.92 Å². The maximum atomic E-state index is 15.4. The summed E-state index contributed by atoms with van der Waals surface area (Å²) in [6, 6.07) is 12.9. The van der Waals surface area contributed by atoms with E-state index >= 15 is 4.39 Å². The molecule has 0 atom stereocenters. The Labute approximate surface area is 207 Å². The molecule has 0 amide bonds. The van der Waals surface area contributed by atoms with E-state index in [1.54, 1.807) is 18.2 Å². The molecular formula is C32H35F3. The number of halogens is 3. The molecule has 4 rings (SSSR count). The Hall–Kier alpha value is -2.81. The van der Waals surface area contributed by atoms with E-state index in [0.29, 0.717) is 35.3 Å². The van der Waals surface area contributed by atoms with E-state index in [1.165, 1.54) is 44.1 Å². The lowest BCUT2D eigenvalue weighted by molar-refractivity contribution is 0.312. The minimum Gasteiger partial charge on any atom is -0.206 e. The molecule has 0 saturated heterocycles. The SMILES string of the molecule is C/C=C/CCc1cc2ccc(-c3ccc(C4CCC(CC/C=C/C)CC4)cc3)c(F)c2c(F)c1F. The van der Waals surface area contributed by atoms with Crippen LogP contribution >= 0.6 is 0 Å². The average Bonchev–Trinajstić information content (AvgIpc) is 2.88. The highest BCUT2D eigenvalue weighted by Crippen LogP contribution is 2.39. The zero-order valence-corrected chi connectivity index (χ0v) is 20.8. The summed E-state index contributed by atoms with van der Waals surface area (Å²) >= 11 is 0. The molecule has 0 radical (unpaired) electrons. The third kappa shape index (κ3) is 5.72. The van der Waals surface area contributed by atoms with Crippen molar-refractivity contribution in [3.05, 3.63) is 95.3 Å². The summed E-state index contributed by atoms with van der Waals surface area (Å²) in [5.74, 6) is -1.40. The van der Waals surface area contributed by atoms with Crippen LogP contribution in [0.25, 0.3) is 21.9 Å². The summed E-state index contributed by atoms with van der Waals surface area (Å²) in [5, 5.41) is 0.124. The van der Waals surface area contributed by atoms with Crippen molar-refractivity contribution in [3.8, 4) is 11.1 Å². The van der Waals surface area contributed by atoms with Gasteiger partial charge in [-0.05, 0) is 105 Å². The van der Waals surface area contributed by atoms with Crippen LogP contribution in [0.3, 0.4) is 0 Å². The van der Waals surface area contributed by atoms with Crippen molar-refractivity contribution in [3.63, 3.8) is 0 Å². The minimum atomic E-state index is -1.10. The topological polar surface area (TPSA) is 0 Å². The second-order valence-electron chi connectivity index (χ2n) is 9.78. The molecule has 0 aliphatic heterocycles. The van der Waals surface area contributed by atoms with Crippen LogP contribution < -0.4 is 0 Å². The van der Waals surface area contributed by atoms with Gasteiger partial charge in [-0.25, -0.2) is 13.2 Å². The molecule has 0 spiro atoms. The van der Waals surface area contributed by atoms with Crippen molar-refractivity contribution in [1.29, 1.82) is 0 Å². The fourth-order valence-electron chi connectivity index (χ4n) is 5.46. The predicted octanol–water partition coefficient (Wildman–Crippen LogP) is 10.1. The molecule has 3 aromatic rings. The van der Waals surface area contributed by atoms with Crippen LogP contribution in [0.15, 0.2) is 66.8 Å². The second-order valence-corrected chi connectivity index (χ2v) is 9.78. The summed E-state index contributed by atoms with van der Waals surface area (Å²) in [6.07, 6.45) is 16.5. The molecule has 1 aliphatic rings. The summed E-state index contributed by atoms with van der Waals surface area (Å²) < 4.78 is 45.0. The molecular weight excluding hydrogens is 441 g/mol. The molecule has 3 aromatic carbocycles. The highest BCUT2D eigenvalue weighted by Gasteiger charge is 2.23. The highest BCUT2D eigenvalue weighted by molar-refractivity contribution is 5.89. The molecule has 35 heavy (non-hydrogen) atoms. The molecule has 0 N–H and O–H groups in total. The lowest BCUT2D eigenvalue weighted by atomic mass is 9.77.